The van der Waals surface area contributed by atoms with E-state index in [1.807, 2.05) is 30.5 Å². The maximum atomic E-state index is 12.6. The Morgan fingerprint density at radius 2 is 1.70 bits per heavy atom. The molecule has 0 unspecified atom stereocenters. The van der Waals surface area contributed by atoms with Gasteiger partial charge in [0.15, 0.2) is 0 Å². The molecule has 1 amide bonds. The van der Waals surface area contributed by atoms with Gasteiger partial charge in [-0.05, 0) is 42.5 Å². The number of carbonyl (C=O) groups is 1. The minimum atomic E-state index is -0.405. The summed E-state index contributed by atoms with van der Waals surface area (Å²) in [5.41, 5.74) is 1.85. The average Bonchev–Trinajstić information content (AvgIpc) is 3.24. The summed E-state index contributed by atoms with van der Waals surface area (Å²) in [6.45, 7) is 0. The first-order valence-electron chi connectivity index (χ1n) is 8.28. The molecule has 0 fully saturated rings. The lowest BCUT2D eigenvalue weighted by molar-refractivity contribution is 0.102. The molecule has 2 aromatic carbocycles. The van der Waals surface area contributed by atoms with Crippen molar-refractivity contribution in [1.82, 2.24) is 19.6 Å². The molecular formula is C20H15N5O2. The van der Waals surface area contributed by atoms with Crippen LogP contribution in [0.3, 0.4) is 0 Å². The quantitative estimate of drug-likeness (QED) is 0.609. The zero-order chi connectivity index (χ0) is 18.6. The fraction of sp³-hybridized carbons (Fsp3) is 0. The number of rotatable bonds is 4. The van der Waals surface area contributed by atoms with Crippen LogP contribution >= 0.6 is 0 Å². The number of nitrogens with zero attached hydrogens (tertiary/aromatic N) is 4. The fourth-order valence-corrected chi connectivity index (χ4v) is 2.63. The van der Waals surface area contributed by atoms with Gasteiger partial charge >= 0.3 is 0 Å². The van der Waals surface area contributed by atoms with E-state index in [1.54, 1.807) is 47.3 Å². The van der Waals surface area contributed by atoms with Crippen LogP contribution in [0, 0.1) is 0 Å². The largest absolute Gasteiger partial charge is 0.321 e. The van der Waals surface area contributed by atoms with Crippen molar-refractivity contribution in [1.29, 1.82) is 0 Å². The SMILES string of the molecule is O=C(Nc1cccc(-n2cccn2)c1)c1ccc(=O)n(-c2ccccc2)n1. The van der Waals surface area contributed by atoms with Crippen LogP contribution in [0.5, 0.6) is 0 Å². The molecule has 2 heterocycles. The summed E-state index contributed by atoms with van der Waals surface area (Å²) in [7, 11) is 0. The second-order valence-electron chi connectivity index (χ2n) is 5.76. The smallest absolute Gasteiger partial charge is 0.276 e. The second-order valence-corrected chi connectivity index (χ2v) is 5.76. The van der Waals surface area contributed by atoms with E-state index in [-0.39, 0.29) is 11.3 Å². The van der Waals surface area contributed by atoms with Crippen LogP contribution < -0.4 is 10.9 Å². The number of amides is 1. The second kappa shape index (κ2) is 7.09. The van der Waals surface area contributed by atoms with Gasteiger partial charge in [0.25, 0.3) is 11.5 Å². The third kappa shape index (κ3) is 3.52. The summed E-state index contributed by atoms with van der Waals surface area (Å²) in [5, 5.41) is 11.2. The molecule has 0 aliphatic heterocycles. The Bertz CT molecular complexity index is 1130. The molecule has 0 atom stereocenters. The molecule has 7 nitrogen and oxygen atoms in total. The highest BCUT2D eigenvalue weighted by atomic mass is 16.2. The predicted octanol–water partition coefficient (Wildman–Crippen LogP) is 2.67. The van der Waals surface area contributed by atoms with E-state index in [0.29, 0.717) is 11.4 Å². The number of nitrogens with one attached hydrogen (secondary N) is 1. The fourth-order valence-electron chi connectivity index (χ4n) is 2.63. The third-order valence-electron chi connectivity index (χ3n) is 3.91. The molecule has 2 aromatic heterocycles. The van der Waals surface area contributed by atoms with Crippen molar-refractivity contribution in [2.75, 3.05) is 5.32 Å². The van der Waals surface area contributed by atoms with Gasteiger partial charge in [0.2, 0.25) is 0 Å². The molecule has 0 aliphatic carbocycles. The van der Waals surface area contributed by atoms with Crippen LogP contribution in [0.2, 0.25) is 0 Å². The maximum absolute atomic E-state index is 12.6. The molecule has 0 saturated carbocycles. The lowest BCUT2D eigenvalue weighted by Crippen LogP contribution is -2.24. The van der Waals surface area contributed by atoms with Crippen LogP contribution in [0.4, 0.5) is 5.69 Å². The number of benzene rings is 2. The zero-order valence-electron chi connectivity index (χ0n) is 14.2. The van der Waals surface area contributed by atoms with Crippen LogP contribution in [0.15, 0.2) is 90.0 Å². The van der Waals surface area contributed by atoms with Crippen molar-refractivity contribution in [3.05, 3.63) is 101 Å². The highest BCUT2D eigenvalue weighted by Crippen LogP contribution is 2.14. The molecule has 0 saturated heterocycles. The zero-order valence-corrected chi connectivity index (χ0v) is 14.2. The van der Waals surface area contributed by atoms with Gasteiger partial charge < -0.3 is 5.32 Å². The van der Waals surface area contributed by atoms with Crippen molar-refractivity contribution in [2.45, 2.75) is 0 Å². The molecular weight excluding hydrogens is 342 g/mol. The van der Waals surface area contributed by atoms with Crippen LogP contribution in [-0.2, 0) is 0 Å². The van der Waals surface area contributed by atoms with Gasteiger partial charge in [-0.3, -0.25) is 9.59 Å². The van der Waals surface area contributed by atoms with Gasteiger partial charge in [-0.15, -0.1) is 0 Å². The molecule has 1 N–H and O–H groups in total. The number of para-hydroxylation sites is 1. The first kappa shape index (κ1) is 16.5. The first-order valence-corrected chi connectivity index (χ1v) is 8.28. The molecule has 27 heavy (non-hydrogen) atoms. The molecule has 132 valence electrons. The third-order valence-corrected chi connectivity index (χ3v) is 3.91. The minimum absolute atomic E-state index is 0.142. The molecule has 0 spiro atoms. The van der Waals surface area contributed by atoms with Gasteiger partial charge in [-0.1, -0.05) is 24.3 Å². The van der Waals surface area contributed by atoms with Crippen molar-refractivity contribution >= 4 is 11.6 Å². The molecule has 0 aliphatic rings. The summed E-state index contributed by atoms with van der Waals surface area (Å²) in [4.78, 5) is 24.7. The monoisotopic (exact) mass is 357 g/mol. The molecule has 7 heteroatoms. The van der Waals surface area contributed by atoms with Gasteiger partial charge in [-0.25, -0.2) is 4.68 Å². The van der Waals surface area contributed by atoms with Crippen molar-refractivity contribution in [2.24, 2.45) is 0 Å². The molecule has 4 rings (SSSR count). The Balaban J connectivity index is 1.61. The summed E-state index contributed by atoms with van der Waals surface area (Å²) in [5.74, 6) is -0.405. The van der Waals surface area contributed by atoms with Crippen molar-refractivity contribution in [3.63, 3.8) is 0 Å². The van der Waals surface area contributed by atoms with Crippen LogP contribution in [-0.4, -0.2) is 25.5 Å². The van der Waals surface area contributed by atoms with E-state index in [2.05, 4.69) is 15.5 Å². The van der Waals surface area contributed by atoms with E-state index in [4.69, 9.17) is 0 Å². The average molecular weight is 357 g/mol. The van der Waals surface area contributed by atoms with E-state index >= 15 is 0 Å². The Morgan fingerprint density at radius 3 is 2.48 bits per heavy atom. The van der Waals surface area contributed by atoms with E-state index in [9.17, 15) is 9.59 Å². The summed E-state index contributed by atoms with van der Waals surface area (Å²) < 4.78 is 2.90. The summed E-state index contributed by atoms with van der Waals surface area (Å²) >= 11 is 0. The Hall–Kier alpha value is -4.00. The highest BCUT2D eigenvalue weighted by Gasteiger charge is 2.11. The van der Waals surface area contributed by atoms with Gasteiger partial charge in [0.1, 0.15) is 5.69 Å². The number of aromatic nitrogens is 4. The standard InChI is InChI=1S/C20H15N5O2/c26-19-11-10-18(23-25(19)16-7-2-1-3-8-16)20(27)22-15-6-4-9-17(14-15)24-13-5-12-21-24/h1-14H,(H,22,27). The van der Waals surface area contributed by atoms with E-state index in [0.717, 1.165) is 5.69 Å². The lowest BCUT2D eigenvalue weighted by Gasteiger charge is -2.09. The maximum Gasteiger partial charge on any atom is 0.276 e. The highest BCUT2D eigenvalue weighted by molar-refractivity contribution is 6.02. The number of hydrogen-bond acceptors (Lipinski definition) is 4. The predicted molar refractivity (Wildman–Crippen MR) is 101 cm³/mol. The number of anilines is 1. The molecule has 0 radical (unpaired) electrons. The summed E-state index contributed by atoms with van der Waals surface area (Å²) in [6, 6.07) is 20.8. The van der Waals surface area contributed by atoms with Crippen LogP contribution in [0.1, 0.15) is 10.5 Å². The minimum Gasteiger partial charge on any atom is -0.321 e. The van der Waals surface area contributed by atoms with Crippen molar-refractivity contribution in [3.8, 4) is 11.4 Å². The number of hydrogen-bond donors (Lipinski definition) is 1. The molecule has 4 aromatic rings. The summed E-state index contributed by atoms with van der Waals surface area (Å²) in [6.07, 6.45) is 3.50. The van der Waals surface area contributed by atoms with Gasteiger partial charge in [0.05, 0.1) is 11.4 Å². The van der Waals surface area contributed by atoms with E-state index in [1.165, 1.54) is 16.8 Å². The topological polar surface area (TPSA) is 81.8 Å². The number of carbonyl (C=O) groups excluding carboxylic acids is 1. The normalized spacial score (nSPS) is 10.5. The Morgan fingerprint density at radius 1 is 0.889 bits per heavy atom. The Kier molecular flexibility index (Phi) is 4.32. The first-order chi connectivity index (χ1) is 13.2. The van der Waals surface area contributed by atoms with Crippen LogP contribution in [0.25, 0.3) is 11.4 Å². The van der Waals surface area contributed by atoms with Gasteiger partial charge in [0, 0.05) is 24.1 Å². The molecule has 0 bridgehead atoms. The lowest BCUT2D eigenvalue weighted by atomic mass is 10.2. The van der Waals surface area contributed by atoms with Gasteiger partial charge in [-0.2, -0.15) is 14.9 Å². The van der Waals surface area contributed by atoms with Crippen molar-refractivity contribution < 1.29 is 4.79 Å². The Labute approximate surface area is 154 Å². The van der Waals surface area contributed by atoms with E-state index < -0.39 is 5.91 Å².